The van der Waals surface area contributed by atoms with Crippen LogP contribution in [0.25, 0.3) is 0 Å². The van der Waals surface area contributed by atoms with Gasteiger partial charge in [0, 0.05) is 17.4 Å². The molecule has 0 saturated carbocycles. The van der Waals surface area contributed by atoms with Gasteiger partial charge < -0.3 is 10.6 Å². The van der Waals surface area contributed by atoms with E-state index in [0.29, 0.717) is 0 Å². The highest BCUT2D eigenvalue weighted by Gasteiger charge is 2.30. The lowest BCUT2D eigenvalue weighted by molar-refractivity contribution is -0.125. The number of rotatable bonds is 3. The van der Waals surface area contributed by atoms with Gasteiger partial charge in [-0.2, -0.15) is 0 Å². The maximum atomic E-state index is 12.1. The molecular formula is C16H22N2O2S. The van der Waals surface area contributed by atoms with Gasteiger partial charge in [0.15, 0.2) is 0 Å². The third-order valence-electron chi connectivity index (χ3n) is 3.75. The van der Waals surface area contributed by atoms with Crippen LogP contribution in [-0.2, 0) is 9.59 Å². The predicted molar refractivity (Wildman–Crippen MR) is 86.4 cm³/mol. The molecular weight excluding hydrogens is 284 g/mol. The lowest BCUT2D eigenvalue weighted by Crippen LogP contribution is -2.43. The molecule has 2 amide bonds. The molecule has 0 bridgehead atoms. The number of para-hydroxylation sites is 1. The van der Waals surface area contributed by atoms with Crippen molar-refractivity contribution in [2.75, 3.05) is 5.32 Å². The Morgan fingerprint density at radius 3 is 2.71 bits per heavy atom. The molecule has 1 heterocycles. The van der Waals surface area contributed by atoms with Crippen molar-refractivity contribution in [1.29, 1.82) is 0 Å². The molecule has 5 heteroatoms. The number of fused-ring (bicyclic) bond motifs is 1. The van der Waals surface area contributed by atoms with Crippen LogP contribution in [0.2, 0.25) is 0 Å². The van der Waals surface area contributed by atoms with E-state index in [1.165, 1.54) is 11.8 Å². The topological polar surface area (TPSA) is 58.2 Å². The first-order valence-electron chi connectivity index (χ1n) is 7.13. The standard InChI is InChI=1S/C16H22N2O2S/c1-10(16(2,3)4)17-14(19)9-13-15(20)18-11-7-5-6-8-12(11)21-13/h5-8,10,13H,9H2,1-4H3,(H,17,19)(H,18,20)/t10-,13-/m1/s1. The Labute approximate surface area is 130 Å². The Morgan fingerprint density at radius 1 is 1.38 bits per heavy atom. The summed E-state index contributed by atoms with van der Waals surface area (Å²) in [5, 5.41) is 5.47. The molecule has 1 aliphatic rings. The van der Waals surface area contributed by atoms with Gasteiger partial charge in [0.05, 0.1) is 10.9 Å². The fourth-order valence-electron chi connectivity index (χ4n) is 1.91. The van der Waals surface area contributed by atoms with Crippen LogP contribution in [0, 0.1) is 5.41 Å². The van der Waals surface area contributed by atoms with Crippen molar-refractivity contribution in [3.05, 3.63) is 24.3 Å². The summed E-state index contributed by atoms with van der Waals surface area (Å²) in [4.78, 5) is 25.2. The second-order valence-electron chi connectivity index (χ2n) is 6.45. The molecule has 2 rings (SSSR count). The van der Waals surface area contributed by atoms with Gasteiger partial charge in [-0.15, -0.1) is 11.8 Å². The number of hydrogen-bond acceptors (Lipinski definition) is 3. The van der Waals surface area contributed by atoms with E-state index in [0.717, 1.165) is 10.6 Å². The van der Waals surface area contributed by atoms with Gasteiger partial charge in [-0.05, 0) is 24.5 Å². The zero-order chi connectivity index (χ0) is 15.6. The number of carbonyl (C=O) groups excluding carboxylic acids is 2. The van der Waals surface area contributed by atoms with Gasteiger partial charge >= 0.3 is 0 Å². The number of carbonyl (C=O) groups is 2. The van der Waals surface area contributed by atoms with Crippen LogP contribution in [-0.4, -0.2) is 23.1 Å². The van der Waals surface area contributed by atoms with Crippen LogP contribution < -0.4 is 10.6 Å². The Kier molecular flexibility index (Phi) is 4.61. The number of benzene rings is 1. The summed E-state index contributed by atoms with van der Waals surface area (Å²) >= 11 is 1.46. The number of hydrogen-bond donors (Lipinski definition) is 2. The lowest BCUT2D eigenvalue weighted by Gasteiger charge is -2.29. The lowest BCUT2D eigenvalue weighted by atomic mass is 9.88. The molecule has 1 aromatic carbocycles. The van der Waals surface area contributed by atoms with Crippen molar-refractivity contribution in [1.82, 2.24) is 5.32 Å². The molecule has 1 aromatic rings. The SMILES string of the molecule is C[C@@H](NC(=O)C[C@H]1Sc2ccccc2NC1=O)C(C)(C)C. The largest absolute Gasteiger partial charge is 0.353 e. The minimum Gasteiger partial charge on any atom is -0.353 e. The summed E-state index contributed by atoms with van der Waals surface area (Å²) in [6, 6.07) is 7.72. The number of amides is 2. The van der Waals surface area contributed by atoms with Crippen LogP contribution in [0.5, 0.6) is 0 Å². The zero-order valence-electron chi connectivity index (χ0n) is 12.9. The predicted octanol–water partition coefficient (Wildman–Crippen LogP) is 3.04. The van der Waals surface area contributed by atoms with Crippen LogP contribution in [0.4, 0.5) is 5.69 Å². The third-order valence-corrected chi connectivity index (χ3v) is 5.03. The Hall–Kier alpha value is -1.49. The highest BCUT2D eigenvalue weighted by atomic mass is 32.2. The van der Waals surface area contributed by atoms with Crippen molar-refractivity contribution in [3.63, 3.8) is 0 Å². The van der Waals surface area contributed by atoms with Crippen LogP contribution in [0.3, 0.4) is 0 Å². The number of anilines is 1. The second kappa shape index (κ2) is 6.10. The molecule has 114 valence electrons. The molecule has 4 nitrogen and oxygen atoms in total. The highest BCUT2D eigenvalue weighted by Crippen LogP contribution is 2.36. The molecule has 0 unspecified atom stereocenters. The Morgan fingerprint density at radius 2 is 2.05 bits per heavy atom. The smallest absolute Gasteiger partial charge is 0.238 e. The van der Waals surface area contributed by atoms with E-state index in [4.69, 9.17) is 0 Å². The van der Waals surface area contributed by atoms with Gasteiger partial charge in [0.2, 0.25) is 11.8 Å². The summed E-state index contributed by atoms with van der Waals surface area (Å²) in [6.45, 7) is 8.23. The molecule has 0 fully saturated rings. The van der Waals surface area contributed by atoms with Crippen LogP contribution >= 0.6 is 11.8 Å². The minimum atomic E-state index is -0.368. The van der Waals surface area contributed by atoms with Gasteiger partial charge in [-0.1, -0.05) is 32.9 Å². The normalized spacial score (nSPS) is 19.4. The van der Waals surface area contributed by atoms with Crippen molar-refractivity contribution >= 4 is 29.3 Å². The van der Waals surface area contributed by atoms with Gasteiger partial charge in [0.25, 0.3) is 0 Å². The fraction of sp³-hybridized carbons (Fsp3) is 0.500. The van der Waals surface area contributed by atoms with Crippen molar-refractivity contribution in [2.24, 2.45) is 5.41 Å². The fourth-order valence-corrected chi connectivity index (χ4v) is 3.02. The average Bonchev–Trinajstić information content (AvgIpc) is 2.38. The van der Waals surface area contributed by atoms with Crippen molar-refractivity contribution < 1.29 is 9.59 Å². The average molecular weight is 306 g/mol. The number of thioether (sulfide) groups is 1. The summed E-state index contributed by atoms with van der Waals surface area (Å²) in [7, 11) is 0. The van der Waals surface area contributed by atoms with Crippen molar-refractivity contribution in [3.8, 4) is 0 Å². The van der Waals surface area contributed by atoms with E-state index in [-0.39, 0.29) is 34.9 Å². The van der Waals surface area contributed by atoms with Crippen molar-refractivity contribution in [2.45, 2.75) is 50.3 Å². The molecule has 0 saturated heterocycles. The first-order valence-corrected chi connectivity index (χ1v) is 8.01. The molecule has 2 N–H and O–H groups in total. The molecule has 0 radical (unpaired) electrons. The molecule has 0 spiro atoms. The van der Waals surface area contributed by atoms with E-state index >= 15 is 0 Å². The Bertz CT molecular complexity index is 551. The van der Waals surface area contributed by atoms with Gasteiger partial charge in [0.1, 0.15) is 0 Å². The van der Waals surface area contributed by atoms with Gasteiger partial charge in [-0.25, -0.2) is 0 Å². The van der Waals surface area contributed by atoms with E-state index in [1.807, 2.05) is 31.2 Å². The molecule has 0 aliphatic carbocycles. The zero-order valence-corrected chi connectivity index (χ0v) is 13.7. The van der Waals surface area contributed by atoms with E-state index in [1.54, 1.807) is 0 Å². The first kappa shape index (κ1) is 15.9. The molecule has 0 aromatic heterocycles. The van der Waals surface area contributed by atoms with Gasteiger partial charge in [-0.3, -0.25) is 9.59 Å². The number of nitrogens with one attached hydrogen (secondary N) is 2. The van der Waals surface area contributed by atoms with E-state index < -0.39 is 0 Å². The summed E-state index contributed by atoms with van der Waals surface area (Å²) in [5.74, 6) is -0.179. The highest BCUT2D eigenvalue weighted by molar-refractivity contribution is 8.01. The van der Waals surface area contributed by atoms with E-state index in [9.17, 15) is 9.59 Å². The third kappa shape index (κ3) is 4.00. The molecule has 1 aliphatic heterocycles. The monoisotopic (exact) mass is 306 g/mol. The minimum absolute atomic E-state index is 0.00419. The maximum Gasteiger partial charge on any atom is 0.238 e. The quantitative estimate of drug-likeness (QED) is 0.902. The summed E-state index contributed by atoms with van der Waals surface area (Å²) < 4.78 is 0. The molecule has 2 atom stereocenters. The molecule has 21 heavy (non-hydrogen) atoms. The first-order chi connectivity index (χ1) is 9.77. The Balaban J connectivity index is 1.98. The summed E-state index contributed by atoms with van der Waals surface area (Å²) in [6.07, 6.45) is 0.200. The van der Waals surface area contributed by atoms with E-state index in [2.05, 4.69) is 31.4 Å². The van der Waals surface area contributed by atoms with Crippen LogP contribution in [0.1, 0.15) is 34.1 Å². The second-order valence-corrected chi connectivity index (χ2v) is 7.70. The maximum absolute atomic E-state index is 12.1. The summed E-state index contributed by atoms with van der Waals surface area (Å²) in [5.41, 5.74) is 0.830. The van der Waals surface area contributed by atoms with Crippen LogP contribution in [0.15, 0.2) is 29.2 Å².